The van der Waals surface area contributed by atoms with E-state index in [9.17, 15) is 13.5 Å². The first kappa shape index (κ1) is 19.6. The Labute approximate surface area is 148 Å². The van der Waals surface area contributed by atoms with Gasteiger partial charge in [-0.25, -0.2) is 0 Å². The molecule has 0 bridgehead atoms. The summed E-state index contributed by atoms with van der Waals surface area (Å²) in [6.45, 7) is 3.68. The Hall–Kier alpha value is -0.710. The zero-order valence-corrected chi connectivity index (χ0v) is 16.1. The Morgan fingerprint density at radius 2 is 2.12 bits per heavy atom. The molecule has 1 aliphatic heterocycles. The highest BCUT2D eigenvalue weighted by molar-refractivity contribution is 7.87. The summed E-state index contributed by atoms with van der Waals surface area (Å²) in [6.07, 6.45) is 0.555. The Morgan fingerprint density at radius 3 is 2.67 bits per heavy atom. The fourth-order valence-electron chi connectivity index (χ4n) is 2.84. The van der Waals surface area contributed by atoms with Crippen molar-refractivity contribution in [2.45, 2.75) is 38.5 Å². The number of aliphatic hydroxyl groups is 1. The van der Waals surface area contributed by atoms with Crippen molar-refractivity contribution in [1.82, 2.24) is 23.7 Å². The summed E-state index contributed by atoms with van der Waals surface area (Å²) in [5.74, 6) is 0. The Morgan fingerprint density at radius 1 is 1.46 bits per heavy atom. The molecule has 1 aliphatic rings. The van der Waals surface area contributed by atoms with Crippen LogP contribution in [-0.4, -0.2) is 71.8 Å². The third kappa shape index (κ3) is 4.27. The number of aryl methyl sites for hydroxylation is 2. The van der Waals surface area contributed by atoms with Crippen molar-refractivity contribution < 1.29 is 13.5 Å². The van der Waals surface area contributed by atoms with E-state index in [0.717, 1.165) is 22.0 Å². The molecule has 1 aromatic heterocycles. The molecule has 1 fully saturated rings. The van der Waals surface area contributed by atoms with E-state index >= 15 is 0 Å². The zero-order chi connectivity index (χ0) is 18.1. The average Bonchev–Trinajstić information content (AvgIpc) is 2.77. The molecule has 0 radical (unpaired) electrons. The van der Waals surface area contributed by atoms with E-state index in [2.05, 4.69) is 14.7 Å². The van der Waals surface area contributed by atoms with Crippen molar-refractivity contribution in [1.29, 1.82) is 0 Å². The minimum atomic E-state index is -3.55. The average molecular weight is 380 g/mol. The van der Waals surface area contributed by atoms with Gasteiger partial charge >= 0.3 is 0 Å². The molecule has 2 atom stereocenters. The number of aliphatic hydroxyl groups excluding tert-OH is 1. The fourth-order valence-corrected chi connectivity index (χ4v) is 3.91. The normalized spacial score (nSPS) is 23.1. The number of piperidine rings is 1. The minimum Gasteiger partial charge on any atom is -0.390 e. The number of hydrogen-bond acceptors (Lipinski definition) is 5. The van der Waals surface area contributed by atoms with Crippen LogP contribution in [-0.2, 0) is 30.2 Å². The van der Waals surface area contributed by atoms with Gasteiger partial charge in [0.15, 0.2) is 0 Å². The molecule has 8 nitrogen and oxygen atoms in total. The maximum atomic E-state index is 11.9. The van der Waals surface area contributed by atoms with Crippen LogP contribution in [0.5, 0.6) is 0 Å². The van der Waals surface area contributed by atoms with Crippen molar-refractivity contribution in [3.8, 4) is 0 Å². The van der Waals surface area contributed by atoms with Gasteiger partial charge in [0.2, 0.25) is 0 Å². The quantitative estimate of drug-likeness (QED) is 0.724. The lowest BCUT2D eigenvalue weighted by Gasteiger charge is -2.36. The monoisotopic (exact) mass is 379 g/mol. The molecule has 2 rings (SSSR count). The first-order chi connectivity index (χ1) is 11.2. The van der Waals surface area contributed by atoms with Crippen LogP contribution in [0.2, 0.25) is 5.15 Å². The second-order valence-electron chi connectivity index (χ2n) is 6.30. The fraction of sp³-hybridized carbons (Fsp3) is 0.786. The summed E-state index contributed by atoms with van der Waals surface area (Å²) >= 11 is 6.31. The minimum absolute atomic E-state index is 0.384. The molecule has 24 heavy (non-hydrogen) atoms. The van der Waals surface area contributed by atoms with Crippen molar-refractivity contribution in [3.05, 3.63) is 16.4 Å². The SMILES string of the molecule is CCc1nn(C)c(Cl)c1CN1CC[C@@H](NS(=O)(=O)N(C)C)[C@H](O)C1. The van der Waals surface area contributed by atoms with Crippen LogP contribution in [0.1, 0.15) is 24.6 Å². The van der Waals surface area contributed by atoms with Gasteiger partial charge in [-0.2, -0.15) is 22.5 Å². The second-order valence-corrected chi connectivity index (χ2v) is 8.57. The number of hydrogen-bond donors (Lipinski definition) is 2. The van der Waals surface area contributed by atoms with Gasteiger partial charge in [0.25, 0.3) is 10.2 Å². The topological polar surface area (TPSA) is 90.7 Å². The van der Waals surface area contributed by atoms with Crippen LogP contribution in [0.15, 0.2) is 0 Å². The van der Waals surface area contributed by atoms with Gasteiger partial charge in [-0.05, 0) is 12.8 Å². The first-order valence-corrected chi connectivity index (χ1v) is 9.78. The van der Waals surface area contributed by atoms with E-state index in [1.807, 2.05) is 14.0 Å². The van der Waals surface area contributed by atoms with E-state index in [-0.39, 0.29) is 0 Å². The van der Waals surface area contributed by atoms with Crippen LogP contribution in [0.25, 0.3) is 0 Å². The summed E-state index contributed by atoms with van der Waals surface area (Å²) in [5, 5.41) is 15.3. The number of nitrogens with one attached hydrogen (secondary N) is 1. The maximum absolute atomic E-state index is 11.9. The first-order valence-electron chi connectivity index (χ1n) is 7.96. The predicted octanol–water partition coefficient (Wildman–Crippen LogP) is -0.0329. The molecule has 0 aromatic carbocycles. The number of aromatic nitrogens is 2. The third-order valence-corrected chi connectivity index (χ3v) is 6.35. The van der Waals surface area contributed by atoms with Crippen LogP contribution in [0.3, 0.4) is 0 Å². The van der Waals surface area contributed by atoms with Gasteiger partial charge in [0.1, 0.15) is 5.15 Å². The largest absolute Gasteiger partial charge is 0.390 e. The summed E-state index contributed by atoms with van der Waals surface area (Å²) in [6, 6.07) is -0.483. The summed E-state index contributed by atoms with van der Waals surface area (Å²) in [5.41, 5.74) is 1.92. The van der Waals surface area contributed by atoms with Crippen molar-refractivity contribution in [2.75, 3.05) is 27.2 Å². The van der Waals surface area contributed by atoms with E-state index in [1.54, 1.807) is 4.68 Å². The van der Waals surface area contributed by atoms with Crippen LogP contribution in [0, 0.1) is 0 Å². The molecule has 1 aromatic rings. The maximum Gasteiger partial charge on any atom is 0.279 e. The number of nitrogens with zero attached hydrogens (tertiary/aromatic N) is 4. The van der Waals surface area contributed by atoms with Gasteiger partial charge in [-0.1, -0.05) is 18.5 Å². The highest BCUT2D eigenvalue weighted by atomic mass is 35.5. The lowest BCUT2D eigenvalue weighted by molar-refractivity contribution is 0.0440. The molecule has 0 spiro atoms. The van der Waals surface area contributed by atoms with Crippen LogP contribution in [0.4, 0.5) is 0 Å². The molecule has 1 saturated heterocycles. The lowest BCUT2D eigenvalue weighted by atomic mass is 10.0. The van der Waals surface area contributed by atoms with Gasteiger partial charge in [-0.3, -0.25) is 9.58 Å². The molecule has 0 aliphatic carbocycles. The zero-order valence-electron chi connectivity index (χ0n) is 14.5. The lowest BCUT2D eigenvalue weighted by Crippen LogP contribution is -2.55. The van der Waals surface area contributed by atoms with E-state index < -0.39 is 22.4 Å². The highest BCUT2D eigenvalue weighted by Crippen LogP contribution is 2.23. The van der Waals surface area contributed by atoms with Crippen molar-refractivity contribution >= 4 is 21.8 Å². The van der Waals surface area contributed by atoms with Crippen molar-refractivity contribution in [3.63, 3.8) is 0 Å². The Bertz CT molecular complexity index is 676. The Kier molecular flexibility index (Phi) is 6.27. The highest BCUT2D eigenvalue weighted by Gasteiger charge is 2.32. The molecule has 10 heteroatoms. The molecule has 0 unspecified atom stereocenters. The number of halogens is 1. The van der Waals surface area contributed by atoms with Crippen LogP contribution < -0.4 is 4.72 Å². The van der Waals surface area contributed by atoms with Gasteiger partial charge in [-0.15, -0.1) is 0 Å². The van der Waals surface area contributed by atoms with Crippen LogP contribution >= 0.6 is 11.6 Å². The van der Waals surface area contributed by atoms with Gasteiger partial charge in [0.05, 0.1) is 17.8 Å². The number of rotatable bonds is 6. The molecule has 138 valence electrons. The van der Waals surface area contributed by atoms with Crippen molar-refractivity contribution in [2.24, 2.45) is 7.05 Å². The molecule has 2 N–H and O–H groups in total. The van der Waals surface area contributed by atoms with Gasteiger partial charge in [0, 0.05) is 46.3 Å². The second kappa shape index (κ2) is 7.67. The summed E-state index contributed by atoms with van der Waals surface area (Å²) in [4.78, 5) is 2.08. The summed E-state index contributed by atoms with van der Waals surface area (Å²) < 4.78 is 29.1. The molecule has 0 amide bonds. The Balaban J connectivity index is 2.01. The molecular weight excluding hydrogens is 354 g/mol. The summed E-state index contributed by atoms with van der Waals surface area (Å²) in [7, 11) is 1.17. The smallest absolute Gasteiger partial charge is 0.279 e. The predicted molar refractivity (Wildman–Crippen MR) is 93.0 cm³/mol. The molecule has 0 saturated carbocycles. The molecule has 2 heterocycles. The van der Waals surface area contributed by atoms with E-state index in [0.29, 0.717) is 31.2 Å². The van der Waals surface area contributed by atoms with E-state index in [1.165, 1.54) is 14.1 Å². The molecular formula is C14H26ClN5O3S. The number of likely N-dealkylation sites (tertiary alicyclic amines) is 1. The standard InChI is InChI=1S/C14H26ClN5O3S/c1-5-11-10(14(15)19(4)16-11)8-20-7-6-12(13(21)9-20)17-24(22,23)18(2)3/h12-13,17,21H,5-9H2,1-4H3/t12-,13-/m1/s1. The third-order valence-electron chi connectivity index (χ3n) is 4.32. The number of β-amino-alcohol motifs (C(OH)–C–C–N with tert-alkyl or cyclic N) is 1. The van der Waals surface area contributed by atoms with Gasteiger partial charge < -0.3 is 5.11 Å². The van der Waals surface area contributed by atoms with E-state index in [4.69, 9.17) is 11.6 Å².